The van der Waals surface area contributed by atoms with Crippen LogP contribution in [0.15, 0.2) is 29.4 Å². The molecule has 2 aromatic rings. The fraction of sp³-hybridized carbons (Fsp3) is 0.565. The number of benzene rings is 1. The van der Waals surface area contributed by atoms with E-state index in [0.29, 0.717) is 17.3 Å². The predicted octanol–water partition coefficient (Wildman–Crippen LogP) is 3.62. The maximum Gasteiger partial charge on any atom is 0.253 e. The smallest absolute Gasteiger partial charge is 0.253 e. The van der Waals surface area contributed by atoms with Crippen LogP contribution in [0.2, 0.25) is 0 Å². The molecule has 2 saturated carbocycles. The molecule has 2 N–H and O–H groups in total. The summed E-state index contributed by atoms with van der Waals surface area (Å²) in [6.45, 7) is 2.05. The second kappa shape index (κ2) is 9.52. The number of carbonyl (C=O) groups excluding carboxylic acids is 2. The quantitative estimate of drug-likeness (QED) is 0.592. The Bertz CT molecular complexity index is 977. The number of hydrogen-bond acceptors (Lipinski definition) is 6. The van der Waals surface area contributed by atoms with Gasteiger partial charge in [0, 0.05) is 25.2 Å². The van der Waals surface area contributed by atoms with Gasteiger partial charge in [-0.3, -0.25) is 14.2 Å². The summed E-state index contributed by atoms with van der Waals surface area (Å²) in [6.07, 6.45) is 9.03. The van der Waals surface area contributed by atoms with Gasteiger partial charge in [-0.25, -0.2) is 0 Å². The first-order valence-corrected chi connectivity index (χ1v) is 12.7. The van der Waals surface area contributed by atoms with Gasteiger partial charge in [-0.2, -0.15) is 0 Å². The molecule has 0 atom stereocenters. The molecule has 3 aliphatic rings. The van der Waals surface area contributed by atoms with Crippen molar-refractivity contribution in [3.8, 4) is 0 Å². The summed E-state index contributed by atoms with van der Waals surface area (Å²) in [4.78, 5) is 27.8. The van der Waals surface area contributed by atoms with Crippen molar-refractivity contribution in [1.82, 2.24) is 20.1 Å². The van der Waals surface area contributed by atoms with Crippen molar-refractivity contribution in [3.05, 3.63) is 29.8 Å². The molecule has 0 unspecified atom stereocenters. The number of carbonyl (C=O) groups is 2. The van der Waals surface area contributed by atoms with Crippen molar-refractivity contribution in [1.29, 1.82) is 0 Å². The lowest BCUT2D eigenvalue weighted by Crippen LogP contribution is -2.33. The zero-order valence-corrected chi connectivity index (χ0v) is 19.1. The number of amides is 2. The van der Waals surface area contributed by atoms with Crippen molar-refractivity contribution < 1.29 is 9.59 Å². The molecule has 8 nitrogen and oxygen atoms in total. The molecule has 0 radical (unpaired) electrons. The molecule has 2 aliphatic carbocycles. The van der Waals surface area contributed by atoms with Crippen molar-refractivity contribution in [3.63, 3.8) is 0 Å². The lowest BCUT2D eigenvalue weighted by Gasteiger charge is -2.18. The van der Waals surface area contributed by atoms with Crippen LogP contribution in [0.4, 0.5) is 11.6 Å². The molecule has 2 amide bonds. The van der Waals surface area contributed by atoms with Gasteiger partial charge in [0.25, 0.3) is 5.91 Å². The van der Waals surface area contributed by atoms with Crippen molar-refractivity contribution in [2.24, 2.45) is 0 Å². The molecule has 2 heterocycles. The van der Waals surface area contributed by atoms with Crippen LogP contribution < -0.4 is 15.5 Å². The first-order valence-electron chi connectivity index (χ1n) is 11.7. The van der Waals surface area contributed by atoms with E-state index in [1.807, 2.05) is 12.1 Å². The van der Waals surface area contributed by atoms with Crippen LogP contribution in [0.3, 0.4) is 0 Å². The first kappa shape index (κ1) is 21.3. The Kier molecular flexibility index (Phi) is 6.34. The van der Waals surface area contributed by atoms with Gasteiger partial charge < -0.3 is 15.5 Å². The number of para-hydroxylation sites is 1. The SMILES string of the molecule is O=C(CSc1nnc(N2CCCC2)n1C1CC1)Nc1ccccc1C(=O)NC1CCCC1. The molecule has 32 heavy (non-hydrogen) atoms. The van der Waals surface area contributed by atoms with Gasteiger partial charge in [0.05, 0.1) is 17.0 Å². The average molecular weight is 455 g/mol. The van der Waals surface area contributed by atoms with Crippen molar-refractivity contribution in [2.45, 2.75) is 68.6 Å². The van der Waals surface area contributed by atoms with E-state index in [9.17, 15) is 9.59 Å². The number of thioether (sulfide) groups is 1. The Morgan fingerprint density at radius 2 is 1.75 bits per heavy atom. The van der Waals surface area contributed by atoms with Crippen LogP contribution >= 0.6 is 11.8 Å². The number of nitrogens with zero attached hydrogens (tertiary/aromatic N) is 4. The highest BCUT2D eigenvalue weighted by atomic mass is 32.2. The summed E-state index contributed by atoms with van der Waals surface area (Å²) < 4.78 is 2.21. The van der Waals surface area contributed by atoms with E-state index < -0.39 is 0 Å². The Morgan fingerprint density at radius 1 is 1.00 bits per heavy atom. The number of aromatic nitrogens is 3. The topological polar surface area (TPSA) is 92.2 Å². The molecule has 1 saturated heterocycles. The largest absolute Gasteiger partial charge is 0.349 e. The van der Waals surface area contributed by atoms with Gasteiger partial charge in [0.1, 0.15) is 0 Å². The lowest BCUT2D eigenvalue weighted by molar-refractivity contribution is -0.113. The molecule has 5 rings (SSSR count). The second-order valence-electron chi connectivity index (χ2n) is 8.92. The molecular formula is C23H30N6O2S. The molecule has 170 valence electrons. The van der Waals surface area contributed by atoms with E-state index in [-0.39, 0.29) is 23.6 Å². The van der Waals surface area contributed by atoms with E-state index in [1.165, 1.54) is 24.6 Å². The number of nitrogens with one attached hydrogen (secondary N) is 2. The zero-order chi connectivity index (χ0) is 21.9. The summed E-state index contributed by atoms with van der Waals surface area (Å²) in [5, 5.41) is 15.7. The first-order chi connectivity index (χ1) is 15.7. The fourth-order valence-corrected chi connectivity index (χ4v) is 5.39. The van der Waals surface area contributed by atoms with E-state index in [4.69, 9.17) is 0 Å². The summed E-state index contributed by atoms with van der Waals surface area (Å²) in [6, 6.07) is 7.89. The van der Waals surface area contributed by atoms with Gasteiger partial charge >= 0.3 is 0 Å². The molecule has 0 spiro atoms. The van der Waals surface area contributed by atoms with Crippen LogP contribution in [-0.4, -0.2) is 51.5 Å². The minimum atomic E-state index is -0.149. The lowest BCUT2D eigenvalue weighted by atomic mass is 10.1. The standard InChI is InChI=1S/C23H30N6O2S/c30-20(25-19-10-4-3-9-18(19)21(31)24-16-7-1-2-8-16)15-32-23-27-26-22(28-13-5-6-14-28)29(23)17-11-12-17/h3-4,9-10,16-17H,1-2,5-8,11-15H2,(H,24,31)(H,25,30). The van der Waals surface area contributed by atoms with Crippen molar-refractivity contribution in [2.75, 3.05) is 29.1 Å². The molecule has 9 heteroatoms. The van der Waals surface area contributed by atoms with Gasteiger partial charge in [-0.15, -0.1) is 10.2 Å². The minimum absolute atomic E-state index is 0.121. The average Bonchev–Trinajstić information content (AvgIpc) is 3.19. The Balaban J connectivity index is 1.22. The minimum Gasteiger partial charge on any atom is -0.349 e. The Morgan fingerprint density at radius 3 is 2.50 bits per heavy atom. The molecule has 3 fully saturated rings. The van der Waals surface area contributed by atoms with Crippen LogP contribution in [0.1, 0.15) is 67.8 Å². The third kappa shape index (κ3) is 4.77. The summed E-state index contributed by atoms with van der Waals surface area (Å²) in [7, 11) is 0. The molecular weight excluding hydrogens is 424 g/mol. The Hall–Kier alpha value is -2.55. The zero-order valence-electron chi connectivity index (χ0n) is 18.3. The molecule has 1 aromatic heterocycles. The highest BCUT2D eigenvalue weighted by molar-refractivity contribution is 7.99. The maximum absolute atomic E-state index is 12.7. The van der Waals surface area contributed by atoms with Crippen molar-refractivity contribution >= 4 is 35.2 Å². The highest BCUT2D eigenvalue weighted by Gasteiger charge is 2.32. The number of hydrogen-bond donors (Lipinski definition) is 2. The normalized spacial score (nSPS) is 18.8. The van der Waals surface area contributed by atoms with E-state index >= 15 is 0 Å². The Labute approximate surface area is 192 Å². The van der Waals surface area contributed by atoms with E-state index in [0.717, 1.165) is 62.7 Å². The molecule has 1 aliphatic heterocycles. The van der Waals surface area contributed by atoms with Crippen LogP contribution in [0.5, 0.6) is 0 Å². The third-order valence-electron chi connectivity index (χ3n) is 6.42. The number of anilines is 2. The van der Waals surface area contributed by atoms with Gasteiger partial charge in [-0.05, 0) is 50.7 Å². The van der Waals surface area contributed by atoms with E-state index in [1.54, 1.807) is 12.1 Å². The van der Waals surface area contributed by atoms with Gasteiger partial charge in [-0.1, -0.05) is 36.7 Å². The fourth-order valence-electron chi connectivity index (χ4n) is 4.59. The molecule has 1 aromatic carbocycles. The highest BCUT2D eigenvalue weighted by Crippen LogP contribution is 2.41. The predicted molar refractivity (Wildman–Crippen MR) is 125 cm³/mol. The monoisotopic (exact) mass is 454 g/mol. The third-order valence-corrected chi connectivity index (χ3v) is 7.36. The second-order valence-corrected chi connectivity index (χ2v) is 9.86. The van der Waals surface area contributed by atoms with Crippen LogP contribution in [0.25, 0.3) is 0 Å². The molecule has 0 bridgehead atoms. The maximum atomic E-state index is 12.7. The number of rotatable bonds is 8. The van der Waals surface area contributed by atoms with Crippen LogP contribution in [0, 0.1) is 0 Å². The van der Waals surface area contributed by atoms with Gasteiger partial charge in [0.2, 0.25) is 11.9 Å². The van der Waals surface area contributed by atoms with Gasteiger partial charge in [0.15, 0.2) is 5.16 Å². The summed E-state index contributed by atoms with van der Waals surface area (Å²) in [5.41, 5.74) is 1.06. The summed E-state index contributed by atoms with van der Waals surface area (Å²) in [5.74, 6) is 0.902. The van der Waals surface area contributed by atoms with Crippen LogP contribution in [-0.2, 0) is 4.79 Å². The van der Waals surface area contributed by atoms with E-state index in [2.05, 4.69) is 30.3 Å². The summed E-state index contributed by atoms with van der Waals surface area (Å²) >= 11 is 1.41.